The van der Waals surface area contributed by atoms with Gasteiger partial charge in [0.05, 0.1) is 6.21 Å². The van der Waals surface area contributed by atoms with Gasteiger partial charge in [-0.15, -0.1) is 0 Å². The van der Waals surface area contributed by atoms with Gasteiger partial charge in [0.2, 0.25) is 10.6 Å². The Balaban J connectivity index is 2.38. The minimum Gasteiger partial charge on any atom is -0.250 e. The molecule has 0 aliphatic rings. The van der Waals surface area contributed by atoms with E-state index in [-0.39, 0.29) is 4.77 Å². The number of hydrogen-bond acceptors (Lipinski definition) is 3. The Hall–Kier alpha value is -1.89. The third-order valence-corrected chi connectivity index (χ3v) is 2.64. The van der Waals surface area contributed by atoms with E-state index >= 15 is 0 Å². The Labute approximate surface area is 107 Å². The number of halogens is 2. The van der Waals surface area contributed by atoms with Crippen LogP contribution in [0.4, 0.5) is 8.78 Å². The fourth-order valence-electron chi connectivity index (χ4n) is 1.41. The molecule has 0 atom stereocenters. The van der Waals surface area contributed by atoms with Crippen molar-refractivity contribution in [2.45, 2.75) is 13.3 Å². The lowest BCUT2D eigenvalue weighted by Gasteiger charge is -2.00. The Morgan fingerprint density at radius 3 is 2.83 bits per heavy atom. The minimum atomic E-state index is -2.73. The summed E-state index contributed by atoms with van der Waals surface area (Å²) in [4.78, 5) is 0. The lowest BCUT2D eigenvalue weighted by Crippen LogP contribution is -1.99. The average Bonchev–Trinajstić information content (AvgIpc) is 2.70. The zero-order chi connectivity index (χ0) is 13.1. The van der Waals surface area contributed by atoms with Crippen molar-refractivity contribution >= 4 is 18.4 Å². The molecule has 2 rings (SSSR count). The highest BCUT2D eigenvalue weighted by Crippen LogP contribution is 2.16. The van der Waals surface area contributed by atoms with Gasteiger partial charge in [0.15, 0.2) is 0 Å². The van der Waals surface area contributed by atoms with Gasteiger partial charge in [-0.25, -0.2) is 13.9 Å². The summed E-state index contributed by atoms with van der Waals surface area (Å²) in [5.74, 6) is -0.496. The van der Waals surface area contributed by atoms with Gasteiger partial charge >= 0.3 is 0 Å². The first-order chi connectivity index (χ1) is 8.59. The second-order valence-corrected chi connectivity index (χ2v) is 3.99. The number of nitrogens with one attached hydrogen (secondary N) is 1. The van der Waals surface area contributed by atoms with Crippen LogP contribution in [0.1, 0.15) is 23.4 Å². The number of nitrogens with zero attached hydrogens (tertiary/aromatic N) is 3. The van der Waals surface area contributed by atoms with Gasteiger partial charge in [0, 0.05) is 0 Å². The summed E-state index contributed by atoms with van der Waals surface area (Å²) in [5.41, 5.74) is 1.83. The molecule has 0 amide bonds. The monoisotopic (exact) mass is 268 g/mol. The topological polar surface area (TPSA) is 46.0 Å². The molecule has 4 nitrogen and oxygen atoms in total. The quantitative estimate of drug-likeness (QED) is 0.687. The van der Waals surface area contributed by atoms with E-state index in [1.165, 1.54) is 6.21 Å². The maximum atomic E-state index is 12.6. The molecule has 0 radical (unpaired) electrons. The number of H-pyrrole nitrogens is 1. The largest absolute Gasteiger partial charge is 0.299 e. The number of aryl methyl sites for hydroxylation is 1. The van der Waals surface area contributed by atoms with E-state index in [0.29, 0.717) is 0 Å². The van der Waals surface area contributed by atoms with Crippen molar-refractivity contribution in [2.24, 2.45) is 5.10 Å². The standard InChI is InChI=1S/C11H10F2N4S/c1-7-4-2-3-5-8(7)6-14-17-10(9(12)13)15-16-11(17)18/h2-6,9H,1H3,(H,16,18)/b14-6+. The Bertz CT molecular complexity index is 630. The molecule has 0 spiro atoms. The van der Waals surface area contributed by atoms with Crippen LogP contribution < -0.4 is 0 Å². The van der Waals surface area contributed by atoms with Crippen molar-refractivity contribution in [3.05, 3.63) is 46.0 Å². The van der Waals surface area contributed by atoms with Crippen molar-refractivity contribution in [1.29, 1.82) is 0 Å². The van der Waals surface area contributed by atoms with Crippen LogP contribution in [0.2, 0.25) is 0 Å². The maximum absolute atomic E-state index is 12.6. The number of hydrogen-bond donors (Lipinski definition) is 1. The van der Waals surface area contributed by atoms with E-state index in [4.69, 9.17) is 12.2 Å². The third kappa shape index (κ3) is 2.51. The van der Waals surface area contributed by atoms with Crippen molar-refractivity contribution in [3.8, 4) is 0 Å². The van der Waals surface area contributed by atoms with Crippen LogP contribution in [-0.2, 0) is 0 Å². The smallest absolute Gasteiger partial charge is 0.250 e. The highest BCUT2D eigenvalue weighted by Gasteiger charge is 2.15. The Kier molecular flexibility index (Phi) is 3.61. The number of rotatable bonds is 3. The predicted octanol–water partition coefficient (Wildman–Crippen LogP) is 3.07. The molecule has 1 N–H and O–H groups in total. The molecule has 0 unspecified atom stereocenters. The first-order valence-electron chi connectivity index (χ1n) is 5.15. The number of benzene rings is 1. The summed E-state index contributed by atoms with van der Waals surface area (Å²) in [6.07, 6.45) is -1.25. The van der Waals surface area contributed by atoms with Crippen molar-refractivity contribution in [2.75, 3.05) is 0 Å². The molecule has 18 heavy (non-hydrogen) atoms. The van der Waals surface area contributed by atoms with Gasteiger partial charge in [-0.2, -0.15) is 14.9 Å². The molecule has 0 saturated heterocycles. The van der Waals surface area contributed by atoms with E-state index in [1.807, 2.05) is 31.2 Å². The SMILES string of the molecule is Cc1ccccc1/C=N/n1c(C(F)F)n[nH]c1=S. The molecule has 1 heterocycles. The van der Waals surface area contributed by atoms with E-state index in [9.17, 15) is 8.78 Å². The molecular formula is C11H10F2N4S. The molecule has 7 heteroatoms. The Morgan fingerprint density at radius 1 is 1.44 bits per heavy atom. The van der Waals surface area contributed by atoms with E-state index in [2.05, 4.69) is 15.3 Å². The van der Waals surface area contributed by atoms with Gasteiger partial charge < -0.3 is 0 Å². The lowest BCUT2D eigenvalue weighted by atomic mass is 10.1. The van der Waals surface area contributed by atoms with Crippen LogP contribution in [0.5, 0.6) is 0 Å². The summed E-state index contributed by atoms with van der Waals surface area (Å²) >= 11 is 4.84. The number of aromatic amines is 1. The van der Waals surface area contributed by atoms with Crippen LogP contribution in [-0.4, -0.2) is 21.1 Å². The molecule has 94 valence electrons. The minimum absolute atomic E-state index is 0.0372. The molecule has 0 saturated carbocycles. The second-order valence-electron chi connectivity index (χ2n) is 3.60. The van der Waals surface area contributed by atoms with Gasteiger partial charge in [0.25, 0.3) is 6.43 Å². The van der Waals surface area contributed by atoms with E-state index in [0.717, 1.165) is 15.8 Å². The van der Waals surface area contributed by atoms with E-state index in [1.54, 1.807) is 0 Å². The highest BCUT2D eigenvalue weighted by atomic mass is 32.1. The maximum Gasteiger partial charge on any atom is 0.299 e. The predicted molar refractivity (Wildman–Crippen MR) is 66.5 cm³/mol. The number of aromatic nitrogens is 3. The molecule has 0 fully saturated rings. The normalized spacial score (nSPS) is 11.6. The summed E-state index contributed by atoms with van der Waals surface area (Å²) in [6, 6.07) is 7.48. The van der Waals surface area contributed by atoms with Gasteiger partial charge in [-0.3, -0.25) is 0 Å². The molecule has 0 aliphatic carbocycles. The summed E-state index contributed by atoms with van der Waals surface area (Å²) in [6.45, 7) is 1.91. The average molecular weight is 268 g/mol. The van der Waals surface area contributed by atoms with Crippen molar-refractivity contribution in [3.63, 3.8) is 0 Å². The molecule has 1 aromatic heterocycles. The zero-order valence-corrected chi connectivity index (χ0v) is 10.3. The van der Waals surface area contributed by atoms with Crippen molar-refractivity contribution in [1.82, 2.24) is 14.9 Å². The number of alkyl halides is 2. The highest BCUT2D eigenvalue weighted by molar-refractivity contribution is 7.71. The lowest BCUT2D eigenvalue weighted by molar-refractivity contribution is 0.136. The molecular weight excluding hydrogens is 258 g/mol. The van der Waals surface area contributed by atoms with E-state index < -0.39 is 12.2 Å². The Morgan fingerprint density at radius 2 is 2.17 bits per heavy atom. The van der Waals surface area contributed by atoms with Gasteiger partial charge in [0.1, 0.15) is 0 Å². The summed E-state index contributed by atoms with van der Waals surface area (Å²) in [7, 11) is 0. The molecule has 0 bridgehead atoms. The second kappa shape index (κ2) is 5.18. The summed E-state index contributed by atoms with van der Waals surface area (Å²) in [5, 5.41) is 9.66. The molecule has 1 aromatic carbocycles. The van der Waals surface area contributed by atoms with Crippen LogP contribution in [0.15, 0.2) is 29.4 Å². The van der Waals surface area contributed by atoms with Gasteiger partial charge in [-0.05, 0) is 30.3 Å². The summed E-state index contributed by atoms with van der Waals surface area (Å²) < 4.78 is 26.2. The molecule has 2 aromatic rings. The zero-order valence-electron chi connectivity index (χ0n) is 9.47. The molecule has 0 aliphatic heterocycles. The van der Waals surface area contributed by atoms with Crippen LogP contribution in [0.25, 0.3) is 0 Å². The van der Waals surface area contributed by atoms with Crippen molar-refractivity contribution < 1.29 is 8.78 Å². The first kappa shape index (κ1) is 12.6. The van der Waals surface area contributed by atoms with Crippen LogP contribution in [0.3, 0.4) is 0 Å². The first-order valence-corrected chi connectivity index (χ1v) is 5.56. The fourth-order valence-corrected chi connectivity index (χ4v) is 1.59. The van der Waals surface area contributed by atoms with Crippen LogP contribution in [0, 0.1) is 11.7 Å². The van der Waals surface area contributed by atoms with Gasteiger partial charge in [-0.1, -0.05) is 24.3 Å². The fraction of sp³-hybridized carbons (Fsp3) is 0.182. The van der Waals surface area contributed by atoms with Crippen LogP contribution >= 0.6 is 12.2 Å². The third-order valence-electron chi connectivity index (χ3n) is 2.37.